The standard InChI is InChI=1S/C9H17BO/c1-10-5-2-9(8-10)3-6-11-7-4-9/h2-8H2,1H3. The molecule has 0 atom stereocenters. The summed E-state index contributed by atoms with van der Waals surface area (Å²) in [7, 11) is 0. The van der Waals surface area contributed by atoms with Crippen LogP contribution < -0.4 is 0 Å². The third-order valence-electron chi connectivity index (χ3n) is 3.50. The minimum Gasteiger partial charge on any atom is -0.381 e. The van der Waals surface area contributed by atoms with Crippen LogP contribution in [-0.2, 0) is 4.74 Å². The number of hydrogen-bond acceptors (Lipinski definition) is 1. The average Bonchev–Trinajstić information content (AvgIpc) is 2.34. The molecule has 0 aromatic heterocycles. The molecule has 1 nitrogen and oxygen atoms in total. The minimum absolute atomic E-state index is 0.720. The Morgan fingerprint density at radius 3 is 2.45 bits per heavy atom. The molecular formula is C9H17BO. The Morgan fingerprint density at radius 2 is 1.91 bits per heavy atom. The van der Waals surface area contributed by atoms with Crippen LogP contribution in [0.5, 0.6) is 0 Å². The maximum absolute atomic E-state index is 5.39. The highest BCUT2D eigenvalue weighted by molar-refractivity contribution is 6.58. The van der Waals surface area contributed by atoms with Gasteiger partial charge in [-0.05, 0) is 18.3 Å². The van der Waals surface area contributed by atoms with E-state index < -0.39 is 0 Å². The van der Waals surface area contributed by atoms with Gasteiger partial charge in [0.05, 0.1) is 0 Å². The van der Waals surface area contributed by atoms with Crippen molar-refractivity contribution in [3.8, 4) is 0 Å². The van der Waals surface area contributed by atoms with Crippen molar-refractivity contribution in [2.24, 2.45) is 5.41 Å². The smallest absolute Gasteiger partial charge is 0.137 e. The second-order valence-electron chi connectivity index (χ2n) is 4.46. The van der Waals surface area contributed by atoms with E-state index in [0.717, 1.165) is 25.3 Å². The lowest BCUT2D eigenvalue weighted by atomic mass is 9.49. The average molecular weight is 152 g/mol. The van der Waals surface area contributed by atoms with E-state index in [2.05, 4.69) is 6.82 Å². The molecule has 0 bridgehead atoms. The van der Waals surface area contributed by atoms with Crippen molar-refractivity contribution in [2.45, 2.75) is 38.7 Å². The highest BCUT2D eigenvalue weighted by Gasteiger charge is 2.39. The molecule has 0 saturated carbocycles. The van der Waals surface area contributed by atoms with Crippen molar-refractivity contribution in [3.05, 3.63) is 0 Å². The summed E-state index contributed by atoms with van der Waals surface area (Å²) in [6, 6.07) is 0. The Hall–Kier alpha value is 0.0249. The molecule has 2 fully saturated rings. The van der Waals surface area contributed by atoms with Crippen LogP contribution in [0.15, 0.2) is 0 Å². The fraction of sp³-hybridized carbons (Fsp3) is 1.00. The van der Waals surface area contributed by atoms with Crippen molar-refractivity contribution < 1.29 is 4.74 Å². The van der Waals surface area contributed by atoms with Crippen LogP contribution in [0.3, 0.4) is 0 Å². The van der Waals surface area contributed by atoms with E-state index >= 15 is 0 Å². The zero-order valence-corrected chi connectivity index (χ0v) is 7.44. The normalized spacial score (nSPS) is 29.7. The maximum Gasteiger partial charge on any atom is 0.137 e. The molecule has 2 aliphatic heterocycles. The molecule has 2 heteroatoms. The monoisotopic (exact) mass is 152 g/mol. The van der Waals surface area contributed by atoms with Gasteiger partial charge in [-0.1, -0.05) is 25.9 Å². The van der Waals surface area contributed by atoms with E-state index in [-0.39, 0.29) is 0 Å². The number of ether oxygens (including phenoxy) is 1. The highest BCUT2D eigenvalue weighted by Crippen LogP contribution is 2.46. The molecule has 2 rings (SSSR count). The number of rotatable bonds is 0. The van der Waals surface area contributed by atoms with Gasteiger partial charge in [-0.25, -0.2) is 0 Å². The van der Waals surface area contributed by atoms with Crippen LogP contribution >= 0.6 is 0 Å². The molecule has 0 aromatic rings. The largest absolute Gasteiger partial charge is 0.381 e. The van der Waals surface area contributed by atoms with Crippen molar-refractivity contribution in [1.29, 1.82) is 0 Å². The molecule has 1 spiro atoms. The predicted octanol–water partition coefficient (Wildman–Crippen LogP) is 2.31. The lowest BCUT2D eigenvalue weighted by Crippen LogP contribution is -2.26. The molecule has 2 aliphatic rings. The van der Waals surface area contributed by atoms with Gasteiger partial charge in [0.15, 0.2) is 0 Å². The third-order valence-corrected chi connectivity index (χ3v) is 3.50. The van der Waals surface area contributed by atoms with E-state index in [4.69, 9.17) is 4.74 Å². The van der Waals surface area contributed by atoms with Crippen LogP contribution in [0.1, 0.15) is 19.3 Å². The van der Waals surface area contributed by atoms with Gasteiger partial charge in [-0.15, -0.1) is 0 Å². The van der Waals surface area contributed by atoms with Crippen molar-refractivity contribution in [3.63, 3.8) is 0 Å². The fourth-order valence-corrected chi connectivity index (χ4v) is 2.75. The first-order chi connectivity index (χ1) is 5.31. The van der Waals surface area contributed by atoms with Gasteiger partial charge >= 0.3 is 0 Å². The summed E-state index contributed by atoms with van der Waals surface area (Å²) < 4.78 is 5.39. The van der Waals surface area contributed by atoms with Crippen LogP contribution in [0.2, 0.25) is 19.5 Å². The van der Waals surface area contributed by atoms with Crippen molar-refractivity contribution in [2.75, 3.05) is 13.2 Å². The molecular weight excluding hydrogens is 135 g/mol. The van der Waals surface area contributed by atoms with E-state index in [0.29, 0.717) is 0 Å². The quantitative estimate of drug-likeness (QED) is 0.484. The molecule has 0 N–H and O–H groups in total. The van der Waals surface area contributed by atoms with Gasteiger partial charge in [-0.3, -0.25) is 0 Å². The Morgan fingerprint density at radius 1 is 1.18 bits per heavy atom. The summed E-state index contributed by atoms with van der Waals surface area (Å²) in [5, 5.41) is 0. The van der Waals surface area contributed by atoms with E-state index in [1.165, 1.54) is 31.9 Å². The third kappa shape index (κ3) is 1.46. The van der Waals surface area contributed by atoms with Crippen LogP contribution in [0.4, 0.5) is 0 Å². The van der Waals surface area contributed by atoms with E-state index in [9.17, 15) is 0 Å². The minimum atomic E-state index is 0.720. The zero-order chi connectivity index (χ0) is 7.73. The highest BCUT2D eigenvalue weighted by atomic mass is 16.5. The summed E-state index contributed by atoms with van der Waals surface area (Å²) in [6.45, 7) is 5.41. The zero-order valence-electron chi connectivity index (χ0n) is 7.44. The lowest BCUT2D eigenvalue weighted by Gasteiger charge is -2.33. The van der Waals surface area contributed by atoms with Crippen molar-refractivity contribution in [1.82, 2.24) is 0 Å². The molecule has 0 unspecified atom stereocenters. The second kappa shape index (κ2) is 2.82. The number of hydrogen-bond donors (Lipinski definition) is 0. The predicted molar refractivity (Wildman–Crippen MR) is 48.3 cm³/mol. The SMILES string of the molecule is CB1CCC2(CCOCC2)C1. The first kappa shape index (κ1) is 7.66. The Kier molecular flexibility index (Phi) is 1.96. The summed E-state index contributed by atoms with van der Waals surface area (Å²) in [5.41, 5.74) is 0.720. The molecule has 2 saturated heterocycles. The van der Waals surface area contributed by atoms with Gasteiger partial charge in [-0.2, -0.15) is 0 Å². The van der Waals surface area contributed by atoms with Crippen LogP contribution in [0.25, 0.3) is 0 Å². The Bertz CT molecular complexity index is 135. The lowest BCUT2D eigenvalue weighted by molar-refractivity contribution is 0.0258. The maximum atomic E-state index is 5.39. The van der Waals surface area contributed by atoms with Crippen LogP contribution in [0, 0.1) is 5.41 Å². The molecule has 0 aromatic carbocycles. The van der Waals surface area contributed by atoms with E-state index in [1.54, 1.807) is 0 Å². The summed E-state index contributed by atoms with van der Waals surface area (Å²) in [5.74, 6) is 0. The molecule has 11 heavy (non-hydrogen) atoms. The molecule has 2 heterocycles. The summed E-state index contributed by atoms with van der Waals surface area (Å²) >= 11 is 0. The summed E-state index contributed by atoms with van der Waals surface area (Å²) in [6.07, 6.45) is 7.06. The second-order valence-corrected chi connectivity index (χ2v) is 4.46. The van der Waals surface area contributed by atoms with Gasteiger partial charge in [0, 0.05) is 13.2 Å². The molecule has 0 radical (unpaired) electrons. The Balaban J connectivity index is 1.98. The Labute approximate surface area is 69.6 Å². The van der Waals surface area contributed by atoms with Gasteiger partial charge in [0.25, 0.3) is 0 Å². The first-order valence-corrected chi connectivity index (χ1v) is 4.89. The van der Waals surface area contributed by atoms with E-state index in [1.807, 2.05) is 0 Å². The first-order valence-electron chi connectivity index (χ1n) is 4.89. The molecule has 0 amide bonds. The molecule has 0 aliphatic carbocycles. The van der Waals surface area contributed by atoms with Gasteiger partial charge in [0.1, 0.15) is 6.71 Å². The fourth-order valence-electron chi connectivity index (χ4n) is 2.75. The molecule has 62 valence electrons. The van der Waals surface area contributed by atoms with Crippen LogP contribution in [-0.4, -0.2) is 19.9 Å². The van der Waals surface area contributed by atoms with Gasteiger partial charge < -0.3 is 4.74 Å². The van der Waals surface area contributed by atoms with Gasteiger partial charge in [0.2, 0.25) is 0 Å². The summed E-state index contributed by atoms with van der Waals surface area (Å²) in [4.78, 5) is 0. The van der Waals surface area contributed by atoms with Crippen molar-refractivity contribution >= 4 is 6.71 Å². The topological polar surface area (TPSA) is 9.23 Å².